The van der Waals surface area contributed by atoms with Crippen LogP contribution in [0.1, 0.15) is 118 Å². The summed E-state index contributed by atoms with van der Waals surface area (Å²) in [4.78, 5) is 0. The summed E-state index contributed by atoms with van der Waals surface area (Å²) in [6.45, 7) is 10.4. The van der Waals surface area contributed by atoms with Gasteiger partial charge in [-0.1, -0.05) is 104 Å². The molecule has 0 aromatic rings. The molecular formula is C22H48O2Si. The molecular weight excluding hydrogens is 324 g/mol. The molecule has 0 heterocycles. The molecule has 0 radical (unpaired) electrons. The van der Waals surface area contributed by atoms with Gasteiger partial charge in [0.05, 0.1) is 0 Å². The van der Waals surface area contributed by atoms with Crippen molar-refractivity contribution in [3.05, 3.63) is 0 Å². The standard InChI is InChI=1S/C22H48O2Si/c1-5-9-11-12-13-14-15-16-17-18-20-22-25(23-7-3,24-8-4)21-19-10-6-2/h5-22H2,1-4H3. The van der Waals surface area contributed by atoms with Gasteiger partial charge in [-0.2, -0.15) is 0 Å². The molecule has 0 aliphatic heterocycles. The van der Waals surface area contributed by atoms with Gasteiger partial charge in [-0.15, -0.1) is 0 Å². The minimum atomic E-state index is -1.93. The minimum absolute atomic E-state index is 0.816. The lowest BCUT2D eigenvalue weighted by molar-refractivity contribution is 0.180. The number of hydrogen-bond acceptors (Lipinski definition) is 2. The first-order valence-corrected chi connectivity index (χ1v) is 13.8. The smallest absolute Gasteiger partial charge is 0.338 e. The van der Waals surface area contributed by atoms with Crippen LogP contribution in [0.3, 0.4) is 0 Å². The van der Waals surface area contributed by atoms with E-state index < -0.39 is 8.56 Å². The van der Waals surface area contributed by atoms with Gasteiger partial charge in [0.2, 0.25) is 0 Å². The van der Waals surface area contributed by atoms with Crippen LogP contribution < -0.4 is 0 Å². The Kier molecular flexibility index (Phi) is 19.0. The molecule has 0 atom stereocenters. The molecule has 0 fully saturated rings. The van der Waals surface area contributed by atoms with Crippen LogP contribution in [0.25, 0.3) is 0 Å². The summed E-state index contributed by atoms with van der Waals surface area (Å²) in [7, 11) is -1.93. The molecule has 0 N–H and O–H groups in total. The second kappa shape index (κ2) is 18.9. The first-order valence-electron chi connectivity index (χ1n) is 11.5. The lowest BCUT2D eigenvalue weighted by Gasteiger charge is -2.30. The van der Waals surface area contributed by atoms with Crippen LogP contribution in [0.15, 0.2) is 0 Å². The van der Waals surface area contributed by atoms with Gasteiger partial charge in [0.25, 0.3) is 0 Å². The summed E-state index contributed by atoms with van der Waals surface area (Å²) >= 11 is 0. The van der Waals surface area contributed by atoms with E-state index in [1.165, 1.54) is 102 Å². The average Bonchev–Trinajstić information content (AvgIpc) is 2.60. The highest BCUT2D eigenvalue weighted by Gasteiger charge is 2.35. The van der Waals surface area contributed by atoms with Crippen LogP contribution in [0.5, 0.6) is 0 Å². The maximum absolute atomic E-state index is 6.23. The highest BCUT2D eigenvalue weighted by Crippen LogP contribution is 2.26. The normalized spacial score (nSPS) is 12.0. The quantitative estimate of drug-likeness (QED) is 0.159. The Hall–Kier alpha value is 0.137. The molecule has 0 spiro atoms. The first kappa shape index (κ1) is 25.1. The zero-order chi connectivity index (χ0) is 18.6. The third-order valence-electron chi connectivity index (χ3n) is 5.14. The molecule has 0 aliphatic rings. The van der Waals surface area contributed by atoms with Crippen molar-refractivity contribution in [3.8, 4) is 0 Å². The van der Waals surface area contributed by atoms with E-state index in [1.807, 2.05) is 0 Å². The second-order valence-electron chi connectivity index (χ2n) is 7.52. The van der Waals surface area contributed by atoms with Crippen molar-refractivity contribution in [2.45, 2.75) is 130 Å². The minimum Gasteiger partial charge on any atom is -0.394 e. The fourth-order valence-corrected chi connectivity index (χ4v) is 7.22. The van der Waals surface area contributed by atoms with Gasteiger partial charge >= 0.3 is 8.56 Å². The van der Waals surface area contributed by atoms with E-state index in [4.69, 9.17) is 8.85 Å². The second-order valence-corrected chi connectivity index (χ2v) is 10.9. The van der Waals surface area contributed by atoms with Crippen LogP contribution in [-0.2, 0) is 8.85 Å². The molecule has 0 saturated heterocycles. The summed E-state index contributed by atoms with van der Waals surface area (Å²) in [6, 6.07) is 2.40. The molecule has 0 aromatic carbocycles. The molecule has 0 aliphatic carbocycles. The van der Waals surface area contributed by atoms with Gasteiger partial charge in [-0.05, 0) is 25.9 Å². The largest absolute Gasteiger partial charge is 0.394 e. The summed E-state index contributed by atoms with van der Waals surface area (Å²) in [6.07, 6.45) is 19.3. The van der Waals surface area contributed by atoms with Gasteiger partial charge in [-0.25, -0.2) is 0 Å². The Labute approximate surface area is 160 Å². The van der Waals surface area contributed by atoms with Crippen LogP contribution in [0.2, 0.25) is 12.1 Å². The van der Waals surface area contributed by atoms with Crippen molar-refractivity contribution in [1.82, 2.24) is 0 Å². The predicted molar refractivity (Wildman–Crippen MR) is 115 cm³/mol. The lowest BCUT2D eigenvalue weighted by Crippen LogP contribution is -2.42. The summed E-state index contributed by atoms with van der Waals surface area (Å²) < 4.78 is 12.5. The molecule has 0 unspecified atom stereocenters. The molecule has 25 heavy (non-hydrogen) atoms. The first-order chi connectivity index (χ1) is 12.2. The van der Waals surface area contributed by atoms with Crippen LogP contribution >= 0.6 is 0 Å². The molecule has 0 bridgehead atoms. The number of unbranched alkanes of at least 4 members (excludes halogenated alkanes) is 12. The fraction of sp³-hybridized carbons (Fsp3) is 1.00. The fourth-order valence-electron chi connectivity index (χ4n) is 3.68. The van der Waals surface area contributed by atoms with E-state index in [0.717, 1.165) is 13.2 Å². The van der Waals surface area contributed by atoms with Crippen LogP contribution in [-0.4, -0.2) is 21.8 Å². The topological polar surface area (TPSA) is 18.5 Å². The molecule has 0 amide bonds. The van der Waals surface area contributed by atoms with E-state index >= 15 is 0 Å². The molecule has 0 saturated carbocycles. The Morgan fingerprint density at radius 2 is 0.760 bits per heavy atom. The van der Waals surface area contributed by atoms with Crippen molar-refractivity contribution in [1.29, 1.82) is 0 Å². The molecule has 0 rings (SSSR count). The van der Waals surface area contributed by atoms with Crippen molar-refractivity contribution in [2.75, 3.05) is 13.2 Å². The van der Waals surface area contributed by atoms with Crippen LogP contribution in [0.4, 0.5) is 0 Å². The number of rotatable bonds is 20. The Bertz CT molecular complexity index is 252. The zero-order valence-electron chi connectivity index (χ0n) is 18.0. The summed E-state index contributed by atoms with van der Waals surface area (Å²) in [5.74, 6) is 0. The van der Waals surface area contributed by atoms with E-state index in [2.05, 4.69) is 27.7 Å². The maximum Gasteiger partial charge on any atom is 0.338 e. The van der Waals surface area contributed by atoms with Gasteiger partial charge in [0.15, 0.2) is 0 Å². The van der Waals surface area contributed by atoms with Gasteiger partial charge < -0.3 is 8.85 Å². The third kappa shape index (κ3) is 14.9. The van der Waals surface area contributed by atoms with Crippen molar-refractivity contribution in [3.63, 3.8) is 0 Å². The van der Waals surface area contributed by atoms with Gasteiger partial charge in [-0.3, -0.25) is 0 Å². The highest BCUT2D eigenvalue weighted by atomic mass is 28.4. The third-order valence-corrected chi connectivity index (χ3v) is 9.00. The molecule has 3 heteroatoms. The predicted octanol–water partition coefficient (Wildman–Crippen LogP) is 8.00. The molecule has 152 valence electrons. The van der Waals surface area contributed by atoms with Gasteiger partial charge in [0, 0.05) is 13.2 Å². The highest BCUT2D eigenvalue weighted by molar-refractivity contribution is 6.67. The summed E-state index contributed by atoms with van der Waals surface area (Å²) in [5.41, 5.74) is 0. The molecule has 0 aromatic heterocycles. The SMILES string of the molecule is CCCCCCCCCCCCC[Si](CCCCC)(OCC)OCC. The molecule has 2 nitrogen and oxygen atoms in total. The average molecular weight is 373 g/mol. The van der Waals surface area contributed by atoms with E-state index in [1.54, 1.807) is 0 Å². The number of hydrogen-bond donors (Lipinski definition) is 0. The zero-order valence-corrected chi connectivity index (χ0v) is 19.0. The van der Waals surface area contributed by atoms with Crippen molar-refractivity contribution < 1.29 is 8.85 Å². The Morgan fingerprint density at radius 1 is 0.440 bits per heavy atom. The summed E-state index contributed by atoms with van der Waals surface area (Å²) in [5, 5.41) is 0. The van der Waals surface area contributed by atoms with E-state index in [0.29, 0.717) is 0 Å². The van der Waals surface area contributed by atoms with E-state index in [9.17, 15) is 0 Å². The van der Waals surface area contributed by atoms with Crippen LogP contribution in [0, 0.1) is 0 Å². The van der Waals surface area contributed by atoms with E-state index in [-0.39, 0.29) is 0 Å². The monoisotopic (exact) mass is 372 g/mol. The maximum atomic E-state index is 6.23. The van der Waals surface area contributed by atoms with Crippen molar-refractivity contribution >= 4 is 8.56 Å². The Morgan fingerprint density at radius 3 is 1.16 bits per heavy atom. The lowest BCUT2D eigenvalue weighted by atomic mass is 10.1. The van der Waals surface area contributed by atoms with Crippen molar-refractivity contribution in [2.24, 2.45) is 0 Å². The van der Waals surface area contributed by atoms with Gasteiger partial charge in [0.1, 0.15) is 0 Å². The Balaban J connectivity index is 3.81.